The third-order valence-electron chi connectivity index (χ3n) is 6.52. The van der Waals surface area contributed by atoms with E-state index >= 15 is 0 Å². The average Bonchev–Trinajstić information content (AvgIpc) is 2.64. The second-order valence-corrected chi connectivity index (χ2v) is 9.00. The highest BCUT2D eigenvalue weighted by Gasteiger charge is 2.41. The van der Waals surface area contributed by atoms with E-state index < -0.39 is 5.67 Å². The van der Waals surface area contributed by atoms with E-state index in [0.717, 1.165) is 12.1 Å². The summed E-state index contributed by atoms with van der Waals surface area (Å²) in [5.74, 6) is 0.230. The fourth-order valence-electron chi connectivity index (χ4n) is 4.81. The molecule has 7 nitrogen and oxygen atoms in total. The molecule has 4 aliphatic rings. The van der Waals surface area contributed by atoms with Crippen molar-refractivity contribution in [1.29, 1.82) is 0 Å². The fourth-order valence-corrected chi connectivity index (χ4v) is 4.81. The summed E-state index contributed by atoms with van der Waals surface area (Å²) >= 11 is 0. The fraction of sp³-hybridized carbons (Fsp3) is 0.619. The molecule has 1 aromatic rings. The summed E-state index contributed by atoms with van der Waals surface area (Å²) in [5, 5.41) is 2.94. The molecule has 4 saturated heterocycles. The van der Waals surface area contributed by atoms with E-state index in [1.54, 1.807) is 6.92 Å². The van der Waals surface area contributed by atoms with Crippen LogP contribution < -0.4 is 10.2 Å². The van der Waals surface area contributed by atoms with Gasteiger partial charge in [-0.15, -0.1) is 0 Å². The molecule has 0 aromatic heterocycles. The van der Waals surface area contributed by atoms with Crippen molar-refractivity contribution < 1.29 is 18.7 Å². The Kier molecular flexibility index (Phi) is 4.42. The number of hydrogen-bond donors (Lipinski definition) is 1. The number of amides is 3. The first-order valence-electron chi connectivity index (χ1n) is 10.4. The predicted molar refractivity (Wildman–Crippen MR) is 106 cm³/mol. The number of carbonyl (C=O) groups is 2. The number of anilines is 1. The molecule has 156 valence electrons. The number of ether oxygens (including phenoxy) is 1. The van der Waals surface area contributed by atoms with Crippen molar-refractivity contribution in [2.75, 3.05) is 50.8 Å². The van der Waals surface area contributed by atoms with Crippen molar-refractivity contribution in [3.63, 3.8) is 0 Å². The summed E-state index contributed by atoms with van der Waals surface area (Å²) in [6.45, 7) is 5.23. The number of halogens is 1. The molecule has 3 amide bonds. The van der Waals surface area contributed by atoms with E-state index in [9.17, 15) is 14.0 Å². The van der Waals surface area contributed by atoms with E-state index in [0.29, 0.717) is 45.2 Å². The molecule has 0 bridgehead atoms. The molecule has 5 rings (SSSR count). The molecule has 29 heavy (non-hydrogen) atoms. The number of rotatable bonds is 2. The largest absolute Gasteiger partial charge is 0.366 e. The lowest BCUT2D eigenvalue weighted by atomic mass is 9.90. The van der Waals surface area contributed by atoms with Crippen LogP contribution in [0.1, 0.15) is 24.8 Å². The highest BCUT2D eigenvalue weighted by Crippen LogP contribution is 2.33. The Morgan fingerprint density at radius 1 is 1.17 bits per heavy atom. The van der Waals surface area contributed by atoms with Gasteiger partial charge in [-0.3, -0.25) is 4.79 Å². The maximum atomic E-state index is 13.7. The number of alkyl halides is 1. The monoisotopic (exact) mass is 402 g/mol. The van der Waals surface area contributed by atoms with E-state index in [1.165, 1.54) is 5.56 Å². The highest BCUT2D eigenvalue weighted by atomic mass is 19.1. The van der Waals surface area contributed by atoms with Crippen molar-refractivity contribution in [2.45, 2.75) is 37.1 Å². The molecule has 0 saturated carbocycles. The summed E-state index contributed by atoms with van der Waals surface area (Å²) < 4.78 is 19.2. The van der Waals surface area contributed by atoms with E-state index in [2.05, 4.69) is 17.4 Å². The van der Waals surface area contributed by atoms with Crippen molar-refractivity contribution in [3.8, 4) is 0 Å². The van der Waals surface area contributed by atoms with Crippen molar-refractivity contribution >= 4 is 17.6 Å². The smallest absolute Gasteiger partial charge is 0.320 e. The molecule has 0 aliphatic carbocycles. The normalized spacial score (nSPS) is 28.9. The average molecular weight is 402 g/mol. The van der Waals surface area contributed by atoms with Gasteiger partial charge in [-0.25, -0.2) is 9.18 Å². The lowest BCUT2D eigenvalue weighted by molar-refractivity contribution is -0.139. The van der Waals surface area contributed by atoms with Crippen LogP contribution in [0, 0.1) is 0 Å². The Morgan fingerprint density at radius 2 is 1.90 bits per heavy atom. The summed E-state index contributed by atoms with van der Waals surface area (Å²) in [7, 11) is 0. The second-order valence-electron chi connectivity index (χ2n) is 9.00. The van der Waals surface area contributed by atoms with Crippen LogP contribution in [-0.4, -0.2) is 85.4 Å². The zero-order valence-corrected chi connectivity index (χ0v) is 16.6. The minimum atomic E-state index is -1.07. The van der Waals surface area contributed by atoms with Crippen LogP contribution in [0.3, 0.4) is 0 Å². The zero-order valence-electron chi connectivity index (χ0n) is 16.6. The molecule has 4 fully saturated rings. The molecule has 0 spiro atoms. The molecule has 2 atom stereocenters. The number of piperidine rings is 1. The van der Waals surface area contributed by atoms with Crippen LogP contribution in [0.4, 0.5) is 14.9 Å². The minimum absolute atomic E-state index is 0.0149. The van der Waals surface area contributed by atoms with Gasteiger partial charge in [0.1, 0.15) is 12.3 Å². The van der Waals surface area contributed by atoms with Crippen LogP contribution in [0.5, 0.6) is 0 Å². The van der Waals surface area contributed by atoms with Gasteiger partial charge < -0.3 is 24.8 Å². The number of urea groups is 1. The molecular weight excluding hydrogens is 375 g/mol. The first-order valence-corrected chi connectivity index (χ1v) is 10.4. The quantitative estimate of drug-likeness (QED) is 0.811. The summed E-state index contributed by atoms with van der Waals surface area (Å²) in [4.78, 5) is 30.1. The molecule has 1 aromatic carbocycles. The van der Waals surface area contributed by atoms with Gasteiger partial charge in [0, 0.05) is 37.8 Å². The SMILES string of the molecule is CC1(F)CN(c2ccc(C3CN(C(=O)N4CC[C@@H]5OCC(=O)N[C@@H]5C4)C3)cc2)C1. The lowest BCUT2D eigenvalue weighted by Crippen LogP contribution is -2.63. The molecule has 1 N–H and O–H groups in total. The first-order chi connectivity index (χ1) is 13.9. The lowest BCUT2D eigenvalue weighted by Gasteiger charge is -2.46. The molecule has 4 aliphatic heterocycles. The Hall–Kier alpha value is -2.35. The van der Waals surface area contributed by atoms with Crippen molar-refractivity contribution in [2.24, 2.45) is 0 Å². The molecular formula is C21H27FN4O3. The van der Waals surface area contributed by atoms with Crippen molar-refractivity contribution in [3.05, 3.63) is 29.8 Å². The Balaban J connectivity index is 1.13. The summed E-state index contributed by atoms with van der Waals surface area (Å²) in [6, 6.07) is 8.22. The maximum absolute atomic E-state index is 13.7. The Labute approximate surface area is 169 Å². The van der Waals surface area contributed by atoms with Gasteiger partial charge in [0.05, 0.1) is 25.2 Å². The van der Waals surface area contributed by atoms with Crippen LogP contribution in [0.25, 0.3) is 0 Å². The van der Waals surface area contributed by atoms with Gasteiger partial charge in [-0.2, -0.15) is 0 Å². The number of benzene rings is 1. The summed E-state index contributed by atoms with van der Waals surface area (Å²) in [5.41, 5.74) is 1.19. The minimum Gasteiger partial charge on any atom is -0.366 e. The molecule has 4 heterocycles. The maximum Gasteiger partial charge on any atom is 0.320 e. The first kappa shape index (κ1) is 18.7. The predicted octanol–water partition coefficient (Wildman–Crippen LogP) is 1.34. The number of carbonyl (C=O) groups excluding carboxylic acids is 2. The van der Waals surface area contributed by atoms with Crippen LogP contribution >= 0.6 is 0 Å². The molecule has 8 heteroatoms. The van der Waals surface area contributed by atoms with Crippen LogP contribution in [0.15, 0.2) is 24.3 Å². The zero-order chi connectivity index (χ0) is 20.2. The van der Waals surface area contributed by atoms with Gasteiger partial charge in [-0.1, -0.05) is 12.1 Å². The van der Waals surface area contributed by atoms with Crippen LogP contribution in [-0.2, 0) is 9.53 Å². The van der Waals surface area contributed by atoms with E-state index in [1.807, 2.05) is 26.8 Å². The van der Waals surface area contributed by atoms with Gasteiger partial charge in [0.2, 0.25) is 5.91 Å². The Bertz CT molecular complexity index is 801. The number of hydrogen-bond acceptors (Lipinski definition) is 4. The van der Waals surface area contributed by atoms with Gasteiger partial charge in [0.25, 0.3) is 0 Å². The number of nitrogens with one attached hydrogen (secondary N) is 1. The Morgan fingerprint density at radius 3 is 2.59 bits per heavy atom. The van der Waals surface area contributed by atoms with E-state index in [-0.39, 0.29) is 30.7 Å². The molecule has 0 radical (unpaired) electrons. The van der Waals surface area contributed by atoms with Crippen LogP contribution in [0.2, 0.25) is 0 Å². The number of nitrogens with zero attached hydrogens (tertiary/aromatic N) is 3. The number of morpholine rings is 1. The molecule has 0 unspecified atom stereocenters. The highest BCUT2D eigenvalue weighted by molar-refractivity contribution is 5.79. The summed E-state index contributed by atoms with van der Waals surface area (Å²) in [6.07, 6.45) is 0.769. The van der Waals surface area contributed by atoms with E-state index in [4.69, 9.17) is 4.74 Å². The topological polar surface area (TPSA) is 65.1 Å². The number of likely N-dealkylation sites (tertiary alicyclic amines) is 2. The third-order valence-corrected chi connectivity index (χ3v) is 6.52. The van der Waals surface area contributed by atoms with Gasteiger partial charge in [0.15, 0.2) is 0 Å². The van der Waals surface area contributed by atoms with Crippen molar-refractivity contribution in [1.82, 2.24) is 15.1 Å². The number of fused-ring (bicyclic) bond motifs is 1. The standard InChI is InChI=1S/C21H27FN4O3/c1-21(22)12-26(13-21)16-4-2-14(3-5-16)15-8-25(9-15)20(28)24-7-6-18-17(10-24)23-19(27)11-29-18/h2-5,15,17-18H,6-13H2,1H3,(H,23,27)/t17-,18+/m1/s1. The third kappa shape index (κ3) is 3.54. The second kappa shape index (κ2) is 6.86. The van der Waals surface area contributed by atoms with Gasteiger partial charge >= 0.3 is 6.03 Å². The van der Waals surface area contributed by atoms with Gasteiger partial charge in [-0.05, 0) is 31.0 Å².